The van der Waals surface area contributed by atoms with Gasteiger partial charge in [-0.3, -0.25) is 0 Å². The second-order valence-corrected chi connectivity index (χ2v) is 5.19. The van der Waals surface area contributed by atoms with Gasteiger partial charge in [0.1, 0.15) is 5.82 Å². The smallest absolute Gasteiger partial charge is 0.125 e. The maximum absolute atomic E-state index is 13.6. The Bertz CT molecular complexity index is 384. The van der Waals surface area contributed by atoms with Crippen LogP contribution < -0.4 is 10.2 Å². The topological polar surface area (TPSA) is 15.3 Å². The lowest BCUT2D eigenvalue weighted by Gasteiger charge is -2.33. The lowest BCUT2D eigenvalue weighted by atomic mass is 9.94. The van der Waals surface area contributed by atoms with Crippen molar-refractivity contribution in [2.45, 2.75) is 32.7 Å². The van der Waals surface area contributed by atoms with Crippen LogP contribution in [0.15, 0.2) is 18.2 Å². The minimum atomic E-state index is -0.129. The van der Waals surface area contributed by atoms with Gasteiger partial charge in [-0.1, -0.05) is 13.3 Å². The van der Waals surface area contributed by atoms with E-state index in [4.69, 9.17) is 0 Å². The number of benzene rings is 1. The van der Waals surface area contributed by atoms with Crippen molar-refractivity contribution in [3.63, 3.8) is 0 Å². The molecule has 0 saturated carbocycles. The number of halogens is 1. The molecule has 1 aliphatic rings. The zero-order valence-electron chi connectivity index (χ0n) is 11.4. The first-order valence-electron chi connectivity index (χ1n) is 6.92. The monoisotopic (exact) mass is 250 g/mol. The highest BCUT2D eigenvalue weighted by Crippen LogP contribution is 2.26. The van der Waals surface area contributed by atoms with Gasteiger partial charge in [0.05, 0.1) is 0 Å². The SMILES string of the molecule is CCC1CCN(c2cc(F)cc(CNC)c2)CC1. The summed E-state index contributed by atoms with van der Waals surface area (Å²) in [5, 5.41) is 3.07. The normalized spacial score (nSPS) is 17.2. The van der Waals surface area contributed by atoms with Crippen molar-refractivity contribution in [2.24, 2.45) is 5.92 Å². The Labute approximate surface area is 109 Å². The van der Waals surface area contributed by atoms with E-state index in [1.807, 2.05) is 7.05 Å². The third kappa shape index (κ3) is 3.22. The van der Waals surface area contributed by atoms with Crippen molar-refractivity contribution in [3.8, 4) is 0 Å². The first kappa shape index (κ1) is 13.3. The van der Waals surface area contributed by atoms with Crippen LogP contribution in [0.2, 0.25) is 0 Å². The fourth-order valence-corrected chi connectivity index (χ4v) is 2.72. The zero-order valence-corrected chi connectivity index (χ0v) is 11.4. The van der Waals surface area contributed by atoms with Gasteiger partial charge in [0.2, 0.25) is 0 Å². The summed E-state index contributed by atoms with van der Waals surface area (Å²) in [4.78, 5) is 2.31. The number of anilines is 1. The van der Waals surface area contributed by atoms with E-state index in [0.29, 0.717) is 0 Å². The molecule has 2 rings (SSSR count). The van der Waals surface area contributed by atoms with Crippen LogP contribution in [0.3, 0.4) is 0 Å². The van der Waals surface area contributed by atoms with Crippen molar-refractivity contribution >= 4 is 5.69 Å². The summed E-state index contributed by atoms with van der Waals surface area (Å²) in [6.45, 7) is 5.09. The van der Waals surface area contributed by atoms with E-state index in [-0.39, 0.29) is 5.82 Å². The molecule has 1 N–H and O–H groups in total. The molecule has 1 saturated heterocycles. The molecule has 0 aliphatic carbocycles. The second kappa shape index (κ2) is 6.19. The molecule has 3 heteroatoms. The second-order valence-electron chi connectivity index (χ2n) is 5.19. The molecular formula is C15H23FN2. The van der Waals surface area contributed by atoms with Gasteiger partial charge in [-0.05, 0) is 49.6 Å². The summed E-state index contributed by atoms with van der Waals surface area (Å²) in [5.41, 5.74) is 2.06. The van der Waals surface area contributed by atoms with Gasteiger partial charge >= 0.3 is 0 Å². The molecule has 1 aromatic rings. The van der Waals surface area contributed by atoms with Crippen molar-refractivity contribution < 1.29 is 4.39 Å². The Kier molecular flexibility index (Phi) is 4.59. The van der Waals surface area contributed by atoms with E-state index < -0.39 is 0 Å². The van der Waals surface area contributed by atoms with Crippen molar-refractivity contribution in [1.29, 1.82) is 0 Å². The predicted octanol–water partition coefficient (Wildman–Crippen LogP) is 3.17. The van der Waals surface area contributed by atoms with E-state index in [9.17, 15) is 4.39 Å². The van der Waals surface area contributed by atoms with Crippen LogP contribution in [-0.4, -0.2) is 20.1 Å². The number of nitrogens with zero attached hydrogens (tertiary/aromatic N) is 1. The molecule has 100 valence electrons. The van der Waals surface area contributed by atoms with Gasteiger partial charge in [0, 0.05) is 25.3 Å². The summed E-state index contributed by atoms with van der Waals surface area (Å²) in [7, 11) is 1.89. The third-order valence-electron chi connectivity index (χ3n) is 3.88. The fourth-order valence-electron chi connectivity index (χ4n) is 2.72. The first-order chi connectivity index (χ1) is 8.72. The molecule has 1 aliphatic heterocycles. The molecular weight excluding hydrogens is 227 g/mol. The fraction of sp³-hybridized carbons (Fsp3) is 0.600. The van der Waals surface area contributed by atoms with Gasteiger partial charge in [-0.25, -0.2) is 4.39 Å². The first-order valence-corrected chi connectivity index (χ1v) is 6.92. The molecule has 0 aromatic heterocycles. The number of nitrogens with one attached hydrogen (secondary N) is 1. The third-order valence-corrected chi connectivity index (χ3v) is 3.88. The molecule has 1 heterocycles. The Hall–Kier alpha value is -1.09. The molecule has 1 fully saturated rings. The maximum atomic E-state index is 13.6. The van der Waals surface area contributed by atoms with Crippen molar-refractivity contribution in [1.82, 2.24) is 5.32 Å². The van der Waals surface area contributed by atoms with Crippen LogP contribution in [0.25, 0.3) is 0 Å². The molecule has 1 aromatic carbocycles. The van der Waals surface area contributed by atoms with Gasteiger partial charge in [-0.15, -0.1) is 0 Å². The van der Waals surface area contributed by atoms with E-state index >= 15 is 0 Å². The van der Waals surface area contributed by atoms with Crippen LogP contribution in [0, 0.1) is 11.7 Å². The van der Waals surface area contributed by atoms with E-state index in [0.717, 1.165) is 36.8 Å². The lowest BCUT2D eigenvalue weighted by molar-refractivity contribution is 0.395. The standard InChI is InChI=1S/C15H23FN2/c1-3-12-4-6-18(7-5-12)15-9-13(11-17-2)8-14(16)10-15/h8-10,12,17H,3-7,11H2,1-2H3. The van der Waals surface area contributed by atoms with E-state index in [1.165, 1.54) is 19.3 Å². The van der Waals surface area contributed by atoms with Gasteiger partial charge in [0.25, 0.3) is 0 Å². The summed E-state index contributed by atoms with van der Waals surface area (Å²) >= 11 is 0. The minimum Gasteiger partial charge on any atom is -0.371 e. The van der Waals surface area contributed by atoms with Crippen molar-refractivity contribution in [3.05, 3.63) is 29.6 Å². The molecule has 0 amide bonds. The number of piperidine rings is 1. The van der Waals surface area contributed by atoms with Crippen LogP contribution in [-0.2, 0) is 6.54 Å². The quantitative estimate of drug-likeness (QED) is 0.883. The Morgan fingerprint density at radius 3 is 2.61 bits per heavy atom. The minimum absolute atomic E-state index is 0.129. The van der Waals surface area contributed by atoms with Crippen LogP contribution >= 0.6 is 0 Å². The van der Waals surface area contributed by atoms with Crippen LogP contribution in [0.1, 0.15) is 31.7 Å². The average molecular weight is 250 g/mol. The Morgan fingerprint density at radius 1 is 1.28 bits per heavy atom. The lowest BCUT2D eigenvalue weighted by Crippen LogP contribution is -2.33. The van der Waals surface area contributed by atoms with E-state index in [1.54, 1.807) is 12.1 Å². The Balaban J connectivity index is 2.08. The highest BCUT2D eigenvalue weighted by atomic mass is 19.1. The number of hydrogen-bond donors (Lipinski definition) is 1. The summed E-state index contributed by atoms with van der Waals surface area (Å²) in [6, 6.07) is 5.37. The molecule has 0 spiro atoms. The van der Waals surface area contributed by atoms with Gasteiger partial charge < -0.3 is 10.2 Å². The van der Waals surface area contributed by atoms with Crippen LogP contribution in [0.5, 0.6) is 0 Å². The maximum Gasteiger partial charge on any atom is 0.125 e. The highest BCUT2D eigenvalue weighted by molar-refractivity contribution is 5.49. The van der Waals surface area contributed by atoms with Crippen LogP contribution in [0.4, 0.5) is 10.1 Å². The molecule has 0 radical (unpaired) electrons. The molecule has 0 atom stereocenters. The Morgan fingerprint density at radius 2 is 2.00 bits per heavy atom. The highest BCUT2D eigenvalue weighted by Gasteiger charge is 2.18. The van der Waals surface area contributed by atoms with Gasteiger partial charge in [0.15, 0.2) is 0 Å². The largest absolute Gasteiger partial charge is 0.371 e. The number of hydrogen-bond acceptors (Lipinski definition) is 2. The molecule has 2 nitrogen and oxygen atoms in total. The summed E-state index contributed by atoms with van der Waals surface area (Å²) in [6.07, 6.45) is 3.73. The summed E-state index contributed by atoms with van der Waals surface area (Å²) < 4.78 is 13.6. The molecule has 18 heavy (non-hydrogen) atoms. The predicted molar refractivity (Wildman–Crippen MR) is 74.4 cm³/mol. The van der Waals surface area contributed by atoms with Crippen molar-refractivity contribution in [2.75, 3.05) is 25.0 Å². The zero-order chi connectivity index (χ0) is 13.0. The average Bonchev–Trinajstić information content (AvgIpc) is 2.38. The molecule has 0 unspecified atom stereocenters. The molecule has 0 bridgehead atoms. The number of rotatable bonds is 4. The van der Waals surface area contributed by atoms with E-state index in [2.05, 4.69) is 23.2 Å². The van der Waals surface area contributed by atoms with Gasteiger partial charge in [-0.2, -0.15) is 0 Å². The summed E-state index contributed by atoms with van der Waals surface area (Å²) in [5.74, 6) is 0.724.